The molecule has 0 fully saturated rings. The van der Waals surface area contributed by atoms with E-state index in [9.17, 15) is 9.59 Å². The number of amides is 1. The summed E-state index contributed by atoms with van der Waals surface area (Å²) in [5, 5.41) is 11.0. The van der Waals surface area contributed by atoms with E-state index in [1.807, 2.05) is 18.2 Å². The maximum Gasteiger partial charge on any atom is 0.305 e. The van der Waals surface area contributed by atoms with Gasteiger partial charge in [0.2, 0.25) is 0 Å². The molecule has 0 radical (unpaired) electrons. The van der Waals surface area contributed by atoms with Gasteiger partial charge in [-0.1, -0.05) is 18.2 Å². The number of carboxylic acids is 1. The largest absolute Gasteiger partial charge is 0.484 e. The van der Waals surface area contributed by atoms with Crippen molar-refractivity contribution in [3.05, 3.63) is 30.3 Å². The summed E-state index contributed by atoms with van der Waals surface area (Å²) in [6.07, 6.45) is -0.0366. The van der Waals surface area contributed by atoms with Crippen LogP contribution in [0.2, 0.25) is 0 Å². The molecule has 0 saturated heterocycles. The van der Waals surface area contributed by atoms with E-state index in [0.29, 0.717) is 12.3 Å². The number of ether oxygens (including phenoxy) is 2. The van der Waals surface area contributed by atoms with Crippen molar-refractivity contribution in [3.8, 4) is 5.75 Å². The number of carbonyl (C=O) groups is 2. The average Bonchev–Trinajstić information content (AvgIpc) is 2.41. The standard InChI is InChI=1S/C13H17NO5/c15-12(10-19-11-4-2-1-3-5-11)14-7-9-18-8-6-13(16)17/h1-5H,6-10H2,(H,14,15)(H,16,17). The van der Waals surface area contributed by atoms with Crippen LogP contribution < -0.4 is 10.1 Å². The zero-order valence-corrected chi connectivity index (χ0v) is 10.5. The van der Waals surface area contributed by atoms with Crippen LogP contribution >= 0.6 is 0 Å². The van der Waals surface area contributed by atoms with E-state index in [0.717, 1.165) is 0 Å². The minimum absolute atomic E-state index is 0.0366. The topological polar surface area (TPSA) is 84.9 Å². The normalized spacial score (nSPS) is 9.89. The lowest BCUT2D eigenvalue weighted by atomic mass is 10.3. The molecule has 6 nitrogen and oxygen atoms in total. The zero-order chi connectivity index (χ0) is 13.9. The van der Waals surface area contributed by atoms with Gasteiger partial charge in [-0.15, -0.1) is 0 Å². The van der Waals surface area contributed by atoms with Crippen molar-refractivity contribution in [2.75, 3.05) is 26.4 Å². The molecule has 0 atom stereocenters. The second-order valence-electron chi connectivity index (χ2n) is 3.71. The third-order valence-corrected chi connectivity index (χ3v) is 2.14. The molecule has 0 spiro atoms. The van der Waals surface area contributed by atoms with Crippen LogP contribution in [-0.2, 0) is 14.3 Å². The number of carboxylic acid groups (broad SMARTS) is 1. The molecule has 19 heavy (non-hydrogen) atoms. The Bertz CT molecular complexity index is 393. The molecule has 1 amide bonds. The summed E-state index contributed by atoms with van der Waals surface area (Å²) in [7, 11) is 0. The molecule has 6 heteroatoms. The molecule has 0 unspecified atom stereocenters. The molecular weight excluding hydrogens is 250 g/mol. The fraction of sp³-hybridized carbons (Fsp3) is 0.385. The van der Waals surface area contributed by atoms with Crippen LogP contribution in [0.5, 0.6) is 5.75 Å². The summed E-state index contributed by atoms with van der Waals surface area (Å²) in [4.78, 5) is 21.6. The third kappa shape index (κ3) is 7.77. The molecule has 0 aliphatic heterocycles. The van der Waals surface area contributed by atoms with E-state index in [1.54, 1.807) is 12.1 Å². The molecule has 1 aromatic rings. The number of hydrogen-bond acceptors (Lipinski definition) is 4. The maximum absolute atomic E-state index is 11.4. The molecule has 0 aromatic heterocycles. The molecule has 0 saturated carbocycles. The van der Waals surface area contributed by atoms with Crippen LogP contribution in [0.4, 0.5) is 0 Å². The van der Waals surface area contributed by atoms with Gasteiger partial charge in [-0.25, -0.2) is 0 Å². The van der Waals surface area contributed by atoms with Crippen LogP contribution in [0, 0.1) is 0 Å². The van der Waals surface area contributed by atoms with Crippen molar-refractivity contribution in [2.45, 2.75) is 6.42 Å². The first-order chi connectivity index (χ1) is 9.18. The van der Waals surface area contributed by atoms with Crippen LogP contribution in [0.15, 0.2) is 30.3 Å². The predicted molar refractivity (Wildman–Crippen MR) is 68.0 cm³/mol. The van der Waals surface area contributed by atoms with Gasteiger partial charge in [-0.2, -0.15) is 0 Å². The van der Waals surface area contributed by atoms with E-state index in [2.05, 4.69) is 5.32 Å². The highest BCUT2D eigenvalue weighted by molar-refractivity contribution is 5.77. The number of hydrogen-bond donors (Lipinski definition) is 2. The molecule has 2 N–H and O–H groups in total. The van der Waals surface area contributed by atoms with E-state index in [-0.39, 0.29) is 32.1 Å². The number of nitrogens with one attached hydrogen (secondary N) is 1. The molecular formula is C13H17NO5. The fourth-order valence-electron chi connectivity index (χ4n) is 1.24. The highest BCUT2D eigenvalue weighted by Crippen LogP contribution is 2.07. The smallest absolute Gasteiger partial charge is 0.305 e. The Labute approximate surface area is 111 Å². The molecule has 0 bridgehead atoms. The van der Waals surface area contributed by atoms with Crippen LogP contribution in [0.3, 0.4) is 0 Å². The number of para-hydroxylation sites is 1. The lowest BCUT2D eigenvalue weighted by molar-refractivity contribution is -0.138. The van der Waals surface area contributed by atoms with Gasteiger partial charge in [-0.05, 0) is 12.1 Å². The average molecular weight is 267 g/mol. The van der Waals surface area contributed by atoms with E-state index >= 15 is 0 Å². The number of carbonyl (C=O) groups excluding carboxylic acids is 1. The van der Waals surface area contributed by atoms with Gasteiger partial charge in [0.15, 0.2) is 6.61 Å². The van der Waals surface area contributed by atoms with Crippen molar-refractivity contribution in [3.63, 3.8) is 0 Å². The summed E-state index contributed by atoms with van der Waals surface area (Å²) in [5.41, 5.74) is 0. The molecule has 0 aliphatic carbocycles. The minimum Gasteiger partial charge on any atom is -0.484 e. The van der Waals surface area contributed by atoms with Gasteiger partial charge in [0.25, 0.3) is 5.91 Å². The minimum atomic E-state index is -0.903. The van der Waals surface area contributed by atoms with E-state index < -0.39 is 5.97 Å². The first-order valence-corrected chi connectivity index (χ1v) is 5.92. The first-order valence-electron chi connectivity index (χ1n) is 5.92. The summed E-state index contributed by atoms with van der Waals surface area (Å²) in [6.45, 7) is 0.700. The Hall–Kier alpha value is -2.08. The lowest BCUT2D eigenvalue weighted by Gasteiger charge is -2.07. The molecule has 1 aromatic carbocycles. The van der Waals surface area contributed by atoms with Gasteiger partial charge in [-0.3, -0.25) is 9.59 Å². The number of aliphatic carboxylic acids is 1. The van der Waals surface area contributed by atoms with E-state index in [4.69, 9.17) is 14.6 Å². The number of rotatable bonds is 9. The molecule has 0 heterocycles. The second kappa shape index (κ2) is 8.93. The summed E-state index contributed by atoms with van der Waals surface area (Å²) in [5.74, 6) is -0.513. The lowest BCUT2D eigenvalue weighted by Crippen LogP contribution is -2.31. The first kappa shape index (κ1) is 15.0. The Balaban J connectivity index is 2.01. The van der Waals surface area contributed by atoms with Gasteiger partial charge < -0.3 is 19.9 Å². The monoisotopic (exact) mass is 267 g/mol. The van der Waals surface area contributed by atoms with Crippen molar-refractivity contribution in [1.82, 2.24) is 5.32 Å². The highest BCUT2D eigenvalue weighted by Gasteiger charge is 2.02. The summed E-state index contributed by atoms with van der Waals surface area (Å²) >= 11 is 0. The Morgan fingerprint density at radius 2 is 1.89 bits per heavy atom. The van der Waals surface area contributed by atoms with Gasteiger partial charge >= 0.3 is 5.97 Å². The van der Waals surface area contributed by atoms with Gasteiger partial charge in [0.1, 0.15) is 5.75 Å². The maximum atomic E-state index is 11.4. The summed E-state index contributed by atoms with van der Waals surface area (Å²) in [6, 6.07) is 9.04. The predicted octanol–water partition coefficient (Wildman–Crippen LogP) is 0.673. The third-order valence-electron chi connectivity index (χ3n) is 2.14. The highest BCUT2D eigenvalue weighted by atomic mass is 16.5. The Kier molecular flexibility index (Phi) is 7.04. The quantitative estimate of drug-likeness (QED) is 0.642. The fourth-order valence-corrected chi connectivity index (χ4v) is 1.24. The molecule has 104 valence electrons. The Morgan fingerprint density at radius 1 is 1.16 bits per heavy atom. The Morgan fingerprint density at radius 3 is 2.58 bits per heavy atom. The van der Waals surface area contributed by atoms with Crippen LogP contribution in [0.1, 0.15) is 6.42 Å². The van der Waals surface area contributed by atoms with E-state index in [1.165, 1.54) is 0 Å². The SMILES string of the molecule is O=C(O)CCOCCNC(=O)COc1ccccc1. The molecule has 1 rings (SSSR count). The second-order valence-corrected chi connectivity index (χ2v) is 3.71. The van der Waals surface area contributed by atoms with Gasteiger partial charge in [0, 0.05) is 6.54 Å². The molecule has 0 aliphatic rings. The van der Waals surface area contributed by atoms with Gasteiger partial charge in [0.05, 0.1) is 19.6 Å². The van der Waals surface area contributed by atoms with Crippen LogP contribution in [-0.4, -0.2) is 43.3 Å². The van der Waals surface area contributed by atoms with Crippen molar-refractivity contribution >= 4 is 11.9 Å². The van der Waals surface area contributed by atoms with Crippen molar-refractivity contribution in [2.24, 2.45) is 0 Å². The van der Waals surface area contributed by atoms with Crippen molar-refractivity contribution < 1.29 is 24.2 Å². The summed E-state index contributed by atoms with van der Waals surface area (Å²) < 4.78 is 10.3. The van der Waals surface area contributed by atoms with Crippen LogP contribution in [0.25, 0.3) is 0 Å². The zero-order valence-electron chi connectivity index (χ0n) is 10.5. The number of benzene rings is 1. The van der Waals surface area contributed by atoms with Crippen molar-refractivity contribution in [1.29, 1.82) is 0 Å².